The number of amides is 1. The van der Waals surface area contributed by atoms with Gasteiger partial charge in [-0.3, -0.25) is 20.0 Å². The number of carbonyl (C=O) groups excluding carboxylic acids is 1. The maximum absolute atomic E-state index is 12.2. The first-order chi connectivity index (χ1) is 12.8. The van der Waals surface area contributed by atoms with Gasteiger partial charge < -0.3 is 15.2 Å². The van der Waals surface area contributed by atoms with Crippen LogP contribution in [-0.4, -0.2) is 45.4 Å². The number of aryl methyl sites for hydroxylation is 3. The summed E-state index contributed by atoms with van der Waals surface area (Å²) in [6.45, 7) is 5.55. The third kappa shape index (κ3) is 5.04. The Labute approximate surface area is 156 Å². The molecule has 0 radical (unpaired) electrons. The van der Waals surface area contributed by atoms with Crippen LogP contribution in [0.1, 0.15) is 40.7 Å². The van der Waals surface area contributed by atoms with Crippen LogP contribution in [0.4, 0.5) is 5.69 Å². The van der Waals surface area contributed by atoms with E-state index in [9.17, 15) is 20.0 Å². The molecular formula is C18H24N4O5. The molecule has 0 aliphatic rings. The van der Waals surface area contributed by atoms with E-state index >= 15 is 0 Å². The lowest BCUT2D eigenvalue weighted by molar-refractivity contribution is -0.385. The van der Waals surface area contributed by atoms with Gasteiger partial charge in [-0.25, -0.2) is 0 Å². The van der Waals surface area contributed by atoms with Crippen LogP contribution in [0.15, 0.2) is 18.2 Å². The van der Waals surface area contributed by atoms with E-state index < -0.39 is 16.9 Å². The Morgan fingerprint density at radius 1 is 1.41 bits per heavy atom. The highest BCUT2D eigenvalue weighted by molar-refractivity contribution is 5.96. The molecule has 3 N–H and O–H groups in total. The van der Waals surface area contributed by atoms with Crippen molar-refractivity contribution in [1.29, 1.82) is 0 Å². The second-order valence-corrected chi connectivity index (χ2v) is 6.30. The lowest BCUT2D eigenvalue weighted by Crippen LogP contribution is -2.35. The van der Waals surface area contributed by atoms with Crippen LogP contribution in [0.5, 0.6) is 5.75 Å². The summed E-state index contributed by atoms with van der Waals surface area (Å²) in [6, 6.07) is 5.72. The number of nitro groups is 1. The molecule has 0 aliphatic heterocycles. The minimum Gasteiger partial charge on any atom is -0.490 e. The molecule has 27 heavy (non-hydrogen) atoms. The maximum atomic E-state index is 12.2. The third-order valence-electron chi connectivity index (χ3n) is 4.04. The number of aliphatic hydroxyl groups is 1. The summed E-state index contributed by atoms with van der Waals surface area (Å²) in [5, 5.41) is 30.1. The molecule has 2 aromatic rings. The lowest BCUT2D eigenvalue weighted by Gasteiger charge is -2.15. The van der Waals surface area contributed by atoms with Crippen molar-refractivity contribution in [2.75, 3.05) is 13.2 Å². The van der Waals surface area contributed by atoms with Gasteiger partial charge in [-0.2, -0.15) is 5.10 Å². The predicted molar refractivity (Wildman–Crippen MR) is 99.0 cm³/mol. The number of aliphatic hydroxyl groups excluding tert-OH is 1. The first-order valence-electron chi connectivity index (χ1n) is 8.72. The summed E-state index contributed by atoms with van der Waals surface area (Å²) in [5.41, 5.74) is 1.59. The van der Waals surface area contributed by atoms with Crippen LogP contribution in [0.25, 0.3) is 0 Å². The van der Waals surface area contributed by atoms with Crippen LogP contribution in [0.2, 0.25) is 0 Å². The summed E-state index contributed by atoms with van der Waals surface area (Å²) >= 11 is 0. The quantitative estimate of drug-likeness (QED) is 0.453. The fourth-order valence-corrected chi connectivity index (χ4v) is 2.71. The molecule has 0 fully saturated rings. The number of carbonyl (C=O) groups is 1. The fourth-order valence-electron chi connectivity index (χ4n) is 2.71. The maximum Gasteiger partial charge on any atom is 0.322 e. The number of rotatable bonds is 9. The number of nitrogens with zero attached hydrogens (tertiary/aromatic N) is 2. The van der Waals surface area contributed by atoms with E-state index in [2.05, 4.69) is 15.5 Å². The van der Waals surface area contributed by atoms with Gasteiger partial charge in [-0.1, -0.05) is 31.5 Å². The zero-order valence-corrected chi connectivity index (χ0v) is 15.6. The molecular weight excluding hydrogens is 352 g/mol. The summed E-state index contributed by atoms with van der Waals surface area (Å²) in [4.78, 5) is 22.8. The van der Waals surface area contributed by atoms with Gasteiger partial charge in [-0.15, -0.1) is 0 Å². The van der Waals surface area contributed by atoms with Gasteiger partial charge >= 0.3 is 5.69 Å². The SMILES string of the molecule is CCCc1[nH]nc(C(=O)NCC(O)COc2c(C)cccc2C)c1[N+](=O)[O-]. The molecule has 1 heterocycles. The van der Waals surface area contributed by atoms with Gasteiger partial charge in [0.15, 0.2) is 0 Å². The molecule has 9 heteroatoms. The summed E-state index contributed by atoms with van der Waals surface area (Å²) in [5.74, 6) is -0.0264. The van der Waals surface area contributed by atoms with Crippen LogP contribution in [0.3, 0.4) is 0 Å². The summed E-state index contributed by atoms with van der Waals surface area (Å²) in [7, 11) is 0. The Hall–Kier alpha value is -2.94. The van der Waals surface area contributed by atoms with E-state index in [1.807, 2.05) is 39.0 Å². The standard InChI is InChI=1S/C18H24N4O5/c1-4-6-14-16(22(25)26)15(21-20-14)18(24)19-9-13(23)10-27-17-11(2)7-5-8-12(17)3/h5,7-8,13,23H,4,6,9-10H2,1-3H3,(H,19,24)(H,20,21). The average Bonchev–Trinajstić information content (AvgIpc) is 3.03. The molecule has 146 valence electrons. The number of hydrogen-bond acceptors (Lipinski definition) is 6. The number of H-pyrrole nitrogens is 1. The summed E-state index contributed by atoms with van der Waals surface area (Å²) in [6.07, 6.45) is 0.127. The molecule has 0 spiro atoms. The highest BCUT2D eigenvalue weighted by Gasteiger charge is 2.28. The van der Waals surface area contributed by atoms with Gasteiger partial charge in [0.2, 0.25) is 5.69 Å². The van der Waals surface area contributed by atoms with Crippen LogP contribution >= 0.6 is 0 Å². The van der Waals surface area contributed by atoms with E-state index in [0.717, 1.165) is 11.1 Å². The number of ether oxygens (including phenoxy) is 1. The van der Waals surface area contributed by atoms with E-state index in [0.29, 0.717) is 24.3 Å². The van der Waals surface area contributed by atoms with E-state index in [-0.39, 0.29) is 24.5 Å². The molecule has 0 bridgehead atoms. The average molecular weight is 376 g/mol. The topological polar surface area (TPSA) is 130 Å². The Balaban J connectivity index is 1.94. The first kappa shape index (κ1) is 20.4. The number of hydrogen-bond donors (Lipinski definition) is 3. The molecule has 9 nitrogen and oxygen atoms in total. The monoisotopic (exact) mass is 376 g/mol. The molecule has 0 saturated heterocycles. The van der Waals surface area contributed by atoms with Crippen molar-refractivity contribution in [1.82, 2.24) is 15.5 Å². The minimum absolute atomic E-state index is 0.0181. The Morgan fingerprint density at radius 3 is 2.67 bits per heavy atom. The smallest absolute Gasteiger partial charge is 0.322 e. The van der Waals surface area contributed by atoms with Crippen molar-refractivity contribution in [3.05, 3.63) is 50.8 Å². The second-order valence-electron chi connectivity index (χ2n) is 6.30. The van der Waals surface area contributed by atoms with Crippen molar-refractivity contribution in [2.45, 2.75) is 39.7 Å². The van der Waals surface area contributed by atoms with Gasteiger partial charge in [-0.05, 0) is 31.4 Å². The van der Waals surface area contributed by atoms with Crippen LogP contribution < -0.4 is 10.1 Å². The molecule has 0 aliphatic carbocycles. The third-order valence-corrected chi connectivity index (χ3v) is 4.04. The molecule has 1 amide bonds. The molecule has 1 atom stereocenters. The van der Waals surface area contributed by atoms with Gasteiger partial charge in [0, 0.05) is 6.54 Å². The highest BCUT2D eigenvalue weighted by atomic mass is 16.6. The van der Waals surface area contributed by atoms with Crippen LogP contribution in [-0.2, 0) is 6.42 Å². The van der Waals surface area contributed by atoms with E-state index in [1.54, 1.807) is 0 Å². The Bertz CT molecular complexity index is 798. The van der Waals surface area contributed by atoms with Crippen molar-refractivity contribution in [3.63, 3.8) is 0 Å². The van der Waals surface area contributed by atoms with Gasteiger partial charge in [0.25, 0.3) is 5.91 Å². The Kier molecular flexibility index (Phi) is 6.89. The normalized spacial score (nSPS) is 11.9. The molecule has 1 aromatic heterocycles. The molecule has 1 aromatic carbocycles. The first-order valence-corrected chi connectivity index (χ1v) is 8.72. The molecule has 0 saturated carbocycles. The van der Waals surface area contributed by atoms with E-state index in [1.165, 1.54) is 0 Å². The number of aromatic nitrogens is 2. The minimum atomic E-state index is -0.971. The number of benzene rings is 1. The molecule has 1 unspecified atom stereocenters. The zero-order chi connectivity index (χ0) is 20.0. The lowest BCUT2D eigenvalue weighted by atomic mass is 10.1. The van der Waals surface area contributed by atoms with Crippen LogP contribution in [0, 0.1) is 24.0 Å². The van der Waals surface area contributed by atoms with Crippen molar-refractivity contribution < 1.29 is 19.6 Å². The number of aromatic amines is 1. The van der Waals surface area contributed by atoms with Crippen molar-refractivity contribution >= 4 is 11.6 Å². The Morgan fingerprint density at radius 2 is 2.07 bits per heavy atom. The predicted octanol–water partition coefficient (Wildman–Crippen LogP) is 2.06. The highest BCUT2D eigenvalue weighted by Crippen LogP contribution is 2.23. The van der Waals surface area contributed by atoms with Gasteiger partial charge in [0.05, 0.1) is 4.92 Å². The molecule has 2 rings (SSSR count). The van der Waals surface area contributed by atoms with Crippen molar-refractivity contribution in [2.24, 2.45) is 0 Å². The fraction of sp³-hybridized carbons (Fsp3) is 0.444. The largest absolute Gasteiger partial charge is 0.490 e. The summed E-state index contributed by atoms with van der Waals surface area (Å²) < 4.78 is 5.63. The van der Waals surface area contributed by atoms with E-state index in [4.69, 9.17) is 4.74 Å². The van der Waals surface area contributed by atoms with Gasteiger partial charge in [0.1, 0.15) is 24.2 Å². The second kappa shape index (κ2) is 9.13. The zero-order valence-electron chi connectivity index (χ0n) is 15.6. The van der Waals surface area contributed by atoms with Crippen molar-refractivity contribution in [3.8, 4) is 5.75 Å². The number of nitrogens with one attached hydrogen (secondary N) is 2. The number of para-hydroxylation sites is 1.